The number of amidine groups is 1. The van der Waals surface area contributed by atoms with Gasteiger partial charge in [-0.25, -0.2) is 4.99 Å². The van der Waals surface area contributed by atoms with Gasteiger partial charge in [-0.3, -0.25) is 0 Å². The SMILES string of the molecule is CC1=Nc2ccccc2CN1C1=CC=CC=CC1. The van der Waals surface area contributed by atoms with Gasteiger partial charge in [0.2, 0.25) is 0 Å². The van der Waals surface area contributed by atoms with Gasteiger partial charge in [-0.15, -0.1) is 0 Å². The second-order valence-corrected chi connectivity index (χ2v) is 4.55. The maximum atomic E-state index is 4.69. The number of benzene rings is 1. The minimum atomic E-state index is 0.916. The van der Waals surface area contributed by atoms with Gasteiger partial charge in [0.05, 0.1) is 12.2 Å². The lowest BCUT2D eigenvalue weighted by atomic mass is 10.1. The number of nitrogens with zero attached hydrogens (tertiary/aromatic N) is 2. The van der Waals surface area contributed by atoms with Crippen LogP contribution in [0.15, 0.2) is 65.3 Å². The zero-order chi connectivity index (χ0) is 12.4. The highest BCUT2D eigenvalue weighted by molar-refractivity contribution is 5.86. The molecular formula is C16H16N2. The molecule has 3 rings (SSSR count). The van der Waals surface area contributed by atoms with Gasteiger partial charge in [-0.05, 0) is 24.6 Å². The smallest absolute Gasteiger partial charge is 0.106 e. The first-order chi connectivity index (χ1) is 8.84. The second kappa shape index (κ2) is 4.65. The van der Waals surface area contributed by atoms with Gasteiger partial charge in [0.1, 0.15) is 5.84 Å². The van der Waals surface area contributed by atoms with Crippen molar-refractivity contribution in [2.75, 3.05) is 0 Å². The van der Waals surface area contributed by atoms with Gasteiger partial charge in [-0.1, -0.05) is 42.5 Å². The molecule has 0 radical (unpaired) electrons. The number of hydrogen-bond donors (Lipinski definition) is 0. The van der Waals surface area contributed by atoms with Crippen molar-refractivity contribution >= 4 is 11.5 Å². The van der Waals surface area contributed by atoms with Crippen LogP contribution in [-0.4, -0.2) is 10.7 Å². The molecule has 2 aliphatic rings. The molecule has 0 fully saturated rings. The zero-order valence-electron chi connectivity index (χ0n) is 10.5. The Morgan fingerprint density at radius 3 is 2.94 bits per heavy atom. The molecule has 0 aromatic heterocycles. The first-order valence-corrected chi connectivity index (χ1v) is 6.28. The van der Waals surface area contributed by atoms with E-state index in [0.29, 0.717) is 0 Å². The molecule has 0 saturated carbocycles. The Morgan fingerprint density at radius 2 is 2.00 bits per heavy atom. The molecule has 1 aliphatic heterocycles. The normalized spacial score (nSPS) is 17.9. The third kappa shape index (κ3) is 2.02. The van der Waals surface area contributed by atoms with Crippen LogP contribution in [0.5, 0.6) is 0 Å². The van der Waals surface area contributed by atoms with Crippen LogP contribution in [0.1, 0.15) is 18.9 Å². The van der Waals surface area contributed by atoms with E-state index in [1.54, 1.807) is 0 Å². The summed E-state index contributed by atoms with van der Waals surface area (Å²) in [5.41, 5.74) is 3.70. The number of rotatable bonds is 1. The Morgan fingerprint density at radius 1 is 1.11 bits per heavy atom. The van der Waals surface area contributed by atoms with Crippen LogP contribution < -0.4 is 0 Å². The summed E-state index contributed by atoms with van der Waals surface area (Å²) < 4.78 is 0. The lowest BCUT2D eigenvalue weighted by Crippen LogP contribution is -2.29. The van der Waals surface area contributed by atoms with Crippen molar-refractivity contribution in [1.82, 2.24) is 4.90 Å². The van der Waals surface area contributed by atoms with E-state index in [1.165, 1.54) is 11.3 Å². The van der Waals surface area contributed by atoms with Crippen LogP contribution in [0.25, 0.3) is 0 Å². The van der Waals surface area contributed by atoms with Crippen LogP contribution in [0.4, 0.5) is 5.69 Å². The third-order valence-corrected chi connectivity index (χ3v) is 3.31. The van der Waals surface area contributed by atoms with E-state index in [1.807, 2.05) is 6.07 Å². The predicted molar refractivity (Wildman–Crippen MR) is 75.7 cm³/mol. The zero-order valence-corrected chi connectivity index (χ0v) is 10.5. The maximum Gasteiger partial charge on any atom is 0.106 e. The van der Waals surface area contributed by atoms with Gasteiger partial charge in [0, 0.05) is 12.1 Å². The molecule has 18 heavy (non-hydrogen) atoms. The molecule has 0 saturated heterocycles. The van der Waals surface area contributed by atoms with Crippen molar-refractivity contribution in [3.8, 4) is 0 Å². The van der Waals surface area contributed by atoms with Crippen molar-refractivity contribution in [3.05, 3.63) is 65.9 Å². The molecule has 0 N–H and O–H groups in total. The van der Waals surface area contributed by atoms with E-state index in [2.05, 4.69) is 65.4 Å². The summed E-state index contributed by atoms with van der Waals surface area (Å²) in [4.78, 5) is 6.98. The topological polar surface area (TPSA) is 15.6 Å². The number of allylic oxidation sites excluding steroid dienone is 5. The molecule has 1 heterocycles. The Hall–Kier alpha value is -2.09. The fourth-order valence-corrected chi connectivity index (χ4v) is 2.35. The number of fused-ring (bicyclic) bond motifs is 1. The fourth-order valence-electron chi connectivity index (χ4n) is 2.35. The molecule has 1 aromatic carbocycles. The largest absolute Gasteiger partial charge is 0.329 e. The molecule has 0 amide bonds. The summed E-state index contributed by atoms with van der Waals surface area (Å²) in [7, 11) is 0. The summed E-state index contributed by atoms with van der Waals surface area (Å²) in [5, 5.41) is 0. The summed E-state index contributed by atoms with van der Waals surface area (Å²) in [6.07, 6.45) is 11.6. The lowest BCUT2D eigenvalue weighted by molar-refractivity contribution is 0.487. The van der Waals surface area contributed by atoms with E-state index in [-0.39, 0.29) is 0 Å². The Labute approximate surface area is 108 Å². The Balaban J connectivity index is 1.95. The van der Waals surface area contributed by atoms with Crippen LogP contribution >= 0.6 is 0 Å². The lowest BCUT2D eigenvalue weighted by Gasteiger charge is -2.30. The molecule has 2 heteroatoms. The van der Waals surface area contributed by atoms with Gasteiger partial charge in [0.15, 0.2) is 0 Å². The fraction of sp³-hybridized carbons (Fsp3) is 0.188. The van der Waals surface area contributed by atoms with E-state index in [4.69, 9.17) is 0 Å². The van der Waals surface area contributed by atoms with Crippen LogP contribution in [0, 0.1) is 0 Å². The number of para-hydroxylation sites is 1. The minimum Gasteiger partial charge on any atom is -0.329 e. The van der Waals surface area contributed by atoms with Gasteiger partial charge in [0.25, 0.3) is 0 Å². The van der Waals surface area contributed by atoms with Crippen LogP contribution in [-0.2, 0) is 6.54 Å². The highest BCUT2D eigenvalue weighted by Crippen LogP contribution is 2.29. The van der Waals surface area contributed by atoms with Crippen LogP contribution in [0.2, 0.25) is 0 Å². The second-order valence-electron chi connectivity index (χ2n) is 4.55. The highest BCUT2D eigenvalue weighted by atomic mass is 15.2. The molecule has 0 spiro atoms. The van der Waals surface area contributed by atoms with E-state index in [0.717, 1.165) is 24.5 Å². The summed E-state index contributed by atoms with van der Waals surface area (Å²) in [6, 6.07) is 8.36. The minimum absolute atomic E-state index is 0.916. The maximum absolute atomic E-state index is 4.69. The Kier molecular flexibility index (Phi) is 2.85. The summed E-state index contributed by atoms with van der Waals surface area (Å²) in [5.74, 6) is 1.07. The van der Waals surface area contributed by atoms with Crippen molar-refractivity contribution in [2.45, 2.75) is 19.9 Å². The first-order valence-electron chi connectivity index (χ1n) is 6.28. The number of aliphatic imine (C=N–C) groups is 1. The average Bonchev–Trinajstić information content (AvgIpc) is 2.66. The van der Waals surface area contributed by atoms with E-state index < -0.39 is 0 Å². The van der Waals surface area contributed by atoms with Gasteiger partial charge >= 0.3 is 0 Å². The first kappa shape index (κ1) is 11.0. The van der Waals surface area contributed by atoms with E-state index in [9.17, 15) is 0 Å². The van der Waals surface area contributed by atoms with Crippen molar-refractivity contribution in [3.63, 3.8) is 0 Å². The van der Waals surface area contributed by atoms with Crippen molar-refractivity contribution in [2.24, 2.45) is 4.99 Å². The average molecular weight is 236 g/mol. The molecule has 0 atom stereocenters. The van der Waals surface area contributed by atoms with Gasteiger partial charge in [-0.2, -0.15) is 0 Å². The number of hydrogen-bond acceptors (Lipinski definition) is 2. The molecule has 0 bridgehead atoms. The molecular weight excluding hydrogens is 220 g/mol. The van der Waals surface area contributed by atoms with Gasteiger partial charge < -0.3 is 4.90 Å². The molecule has 1 aliphatic carbocycles. The van der Waals surface area contributed by atoms with Crippen molar-refractivity contribution in [1.29, 1.82) is 0 Å². The van der Waals surface area contributed by atoms with Crippen LogP contribution in [0.3, 0.4) is 0 Å². The molecule has 90 valence electrons. The predicted octanol–water partition coefficient (Wildman–Crippen LogP) is 3.95. The Bertz CT molecular complexity index is 577. The molecule has 0 unspecified atom stereocenters. The standard InChI is InChI=1S/C16H16N2/c1-13-17-16-11-7-6-8-14(16)12-18(13)15-9-4-2-3-5-10-15/h2-9,11H,10,12H2,1H3. The third-order valence-electron chi connectivity index (χ3n) is 3.31. The quantitative estimate of drug-likeness (QED) is 0.720. The summed E-state index contributed by atoms with van der Waals surface area (Å²) >= 11 is 0. The van der Waals surface area contributed by atoms with Crippen molar-refractivity contribution < 1.29 is 0 Å². The molecule has 2 nitrogen and oxygen atoms in total. The van der Waals surface area contributed by atoms with E-state index >= 15 is 0 Å². The molecule has 1 aromatic rings. The highest BCUT2D eigenvalue weighted by Gasteiger charge is 2.18. The monoisotopic (exact) mass is 236 g/mol. The summed E-state index contributed by atoms with van der Waals surface area (Å²) in [6.45, 7) is 2.99.